The zero-order chi connectivity index (χ0) is 44.4. The van der Waals surface area contributed by atoms with Gasteiger partial charge in [0.2, 0.25) is 17.7 Å². The Bertz CT molecular complexity index is 2570. The molecule has 1 unspecified atom stereocenters. The predicted molar refractivity (Wildman–Crippen MR) is 233 cm³/mol. The standard InChI is InChI=1S/C46H56F2N10O6/c1-28(59)54-15-10-36-35(27-54)43(50-58(36)31-11-20-64-21-12-31)56-13-3-4-30-23-34(33(42(47)48)24-39(30)56)45(62)55-14-9-32(26-55)53-18-16-52(17-19-53)25-29-5-6-37-40(22-29)51(2)46(63)57(37)38-7-8-41(60)49-44(38)61/h5-6,22-24,31-32,38,42H,3-4,7-21,25-27H2,1-2H3,(H,49,60,61)/t32-,38?/m1/s1. The Morgan fingerprint density at radius 1 is 0.875 bits per heavy atom. The second-order valence-electron chi connectivity index (χ2n) is 18.4. The number of piperazine rings is 1. The van der Waals surface area contributed by atoms with E-state index in [-0.39, 0.29) is 59.5 Å². The van der Waals surface area contributed by atoms with Crippen LogP contribution in [0.2, 0.25) is 0 Å². The third kappa shape index (κ3) is 7.70. The van der Waals surface area contributed by atoms with E-state index >= 15 is 8.78 Å². The molecule has 0 bridgehead atoms. The van der Waals surface area contributed by atoms with Crippen molar-refractivity contribution >= 4 is 46.2 Å². The minimum absolute atomic E-state index is 0.00699. The highest BCUT2D eigenvalue weighted by molar-refractivity contribution is 6.00. The van der Waals surface area contributed by atoms with E-state index < -0.39 is 18.4 Å². The molecule has 8 heterocycles. The van der Waals surface area contributed by atoms with Crippen LogP contribution in [-0.2, 0) is 52.1 Å². The van der Waals surface area contributed by atoms with Gasteiger partial charge in [0.15, 0.2) is 5.82 Å². The number of nitrogens with zero attached hydrogens (tertiary/aromatic N) is 9. The molecular formula is C46H56F2N10O6. The molecule has 4 aromatic rings. The Morgan fingerprint density at radius 2 is 1.67 bits per heavy atom. The summed E-state index contributed by atoms with van der Waals surface area (Å²) >= 11 is 0. The number of aromatic nitrogens is 4. The highest BCUT2D eigenvalue weighted by Gasteiger charge is 2.38. The average Bonchev–Trinajstić information content (AvgIpc) is 4.01. The van der Waals surface area contributed by atoms with Gasteiger partial charge in [0, 0.05) is 133 Å². The summed E-state index contributed by atoms with van der Waals surface area (Å²) < 4.78 is 41.0. The van der Waals surface area contributed by atoms with Crippen molar-refractivity contribution in [2.24, 2.45) is 7.05 Å². The highest BCUT2D eigenvalue weighted by atomic mass is 19.3. The van der Waals surface area contributed by atoms with Crippen LogP contribution in [0, 0.1) is 0 Å². The monoisotopic (exact) mass is 882 g/mol. The van der Waals surface area contributed by atoms with Crippen LogP contribution in [0.15, 0.2) is 35.1 Å². The van der Waals surface area contributed by atoms with E-state index in [4.69, 9.17) is 9.84 Å². The van der Waals surface area contributed by atoms with Crippen molar-refractivity contribution in [1.29, 1.82) is 0 Å². The molecule has 4 fully saturated rings. The van der Waals surface area contributed by atoms with Gasteiger partial charge in [-0.15, -0.1) is 0 Å². The van der Waals surface area contributed by atoms with Crippen LogP contribution in [0.25, 0.3) is 11.0 Å². The third-order valence-electron chi connectivity index (χ3n) is 14.6. The molecule has 2 aromatic carbocycles. The molecule has 4 saturated heterocycles. The number of hydrogen-bond donors (Lipinski definition) is 1. The molecule has 2 aromatic heterocycles. The first-order valence-corrected chi connectivity index (χ1v) is 22.9. The number of benzene rings is 2. The Kier molecular flexibility index (Phi) is 11.4. The number of likely N-dealkylation sites (tertiary alicyclic amines) is 1. The first kappa shape index (κ1) is 42.5. The predicted octanol–water partition coefficient (Wildman–Crippen LogP) is 3.82. The smallest absolute Gasteiger partial charge is 0.329 e. The summed E-state index contributed by atoms with van der Waals surface area (Å²) in [7, 11) is 1.70. The van der Waals surface area contributed by atoms with Gasteiger partial charge in [0.05, 0.1) is 23.6 Å². The number of imidazole rings is 1. The van der Waals surface area contributed by atoms with Crippen molar-refractivity contribution in [3.05, 3.63) is 74.3 Å². The van der Waals surface area contributed by atoms with E-state index in [1.807, 2.05) is 28.0 Å². The molecule has 6 aliphatic heterocycles. The minimum Gasteiger partial charge on any atom is -0.381 e. The second kappa shape index (κ2) is 17.2. The van der Waals surface area contributed by atoms with Crippen LogP contribution in [0.3, 0.4) is 0 Å². The molecule has 10 rings (SSSR count). The molecule has 2 atom stereocenters. The van der Waals surface area contributed by atoms with Crippen molar-refractivity contribution in [1.82, 2.24) is 43.8 Å². The van der Waals surface area contributed by atoms with Gasteiger partial charge in [-0.3, -0.25) is 48.1 Å². The molecule has 16 nitrogen and oxygen atoms in total. The topological polar surface area (TPSA) is 150 Å². The van der Waals surface area contributed by atoms with Gasteiger partial charge in [0.25, 0.3) is 12.3 Å². The highest BCUT2D eigenvalue weighted by Crippen LogP contribution is 2.42. The third-order valence-corrected chi connectivity index (χ3v) is 14.6. The molecule has 340 valence electrons. The average molecular weight is 883 g/mol. The molecule has 0 spiro atoms. The van der Waals surface area contributed by atoms with Crippen molar-refractivity contribution in [3.63, 3.8) is 0 Å². The first-order valence-electron chi connectivity index (χ1n) is 22.9. The number of aryl methyl sites for hydroxylation is 2. The van der Waals surface area contributed by atoms with Crippen molar-refractivity contribution in [2.75, 3.05) is 70.5 Å². The number of amides is 4. The van der Waals surface area contributed by atoms with E-state index in [0.717, 1.165) is 79.8 Å². The minimum atomic E-state index is -2.85. The summed E-state index contributed by atoms with van der Waals surface area (Å²) in [5.74, 6) is -0.434. The van der Waals surface area contributed by atoms with Gasteiger partial charge in [-0.25, -0.2) is 13.6 Å². The number of hydrogen-bond acceptors (Lipinski definition) is 10. The van der Waals surface area contributed by atoms with E-state index in [1.54, 1.807) is 29.5 Å². The van der Waals surface area contributed by atoms with Gasteiger partial charge in [0.1, 0.15) is 6.04 Å². The molecule has 6 aliphatic rings. The Labute approximate surface area is 369 Å². The number of ether oxygens (including phenoxy) is 1. The fourth-order valence-corrected chi connectivity index (χ4v) is 11.1. The number of imide groups is 1. The zero-order valence-electron chi connectivity index (χ0n) is 36.6. The number of nitrogens with one attached hydrogen (secondary N) is 1. The lowest BCUT2D eigenvalue weighted by molar-refractivity contribution is -0.135. The summed E-state index contributed by atoms with van der Waals surface area (Å²) in [5.41, 5.74) is 5.52. The summed E-state index contributed by atoms with van der Waals surface area (Å²) in [6.07, 6.45) is 2.17. The maximum Gasteiger partial charge on any atom is 0.329 e. The fourth-order valence-electron chi connectivity index (χ4n) is 11.1. The number of anilines is 2. The molecular weight excluding hydrogens is 827 g/mol. The lowest BCUT2D eigenvalue weighted by Gasteiger charge is -2.38. The molecule has 0 aliphatic carbocycles. The summed E-state index contributed by atoms with van der Waals surface area (Å²) in [6.45, 7) is 9.37. The van der Waals surface area contributed by atoms with Crippen molar-refractivity contribution in [3.8, 4) is 0 Å². The number of halogens is 2. The van der Waals surface area contributed by atoms with Gasteiger partial charge < -0.3 is 19.4 Å². The van der Waals surface area contributed by atoms with Gasteiger partial charge >= 0.3 is 5.69 Å². The molecule has 64 heavy (non-hydrogen) atoms. The van der Waals surface area contributed by atoms with Crippen molar-refractivity contribution in [2.45, 2.75) is 95.9 Å². The number of carbonyl (C=O) groups is 4. The van der Waals surface area contributed by atoms with E-state index in [1.165, 1.54) is 10.6 Å². The maximum absolute atomic E-state index is 15.1. The second-order valence-corrected chi connectivity index (χ2v) is 18.4. The Balaban J connectivity index is 0.814. The number of alkyl halides is 2. The van der Waals surface area contributed by atoms with Crippen LogP contribution in [0.1, 0.15) is 102 Å². The largest absolute Gasteiger partial charge is 0.381 e. The van der Waals surface area contributed by atoms with E-state index in [9.17, 15) is 24.0 Å². The molecule has 0 radical (unpaired) electrons. The number of rotatable bonds is 8. The summed E-state index contributed by atoms with van der Waals surface area (Å²) in [6, 6.07) is 8.66. The van der Waals surface area contributed by atoms with Gasteiger partial charge in [-0.2, -0.15) is 5.10 Å². The fraction of sp³-hybridized carbons (Fsp3) is 0.565. The van der Waals surface area contributed by atoms with E-state index in [2.05, 4.69) is 19.8 Å². The van der Waals surface area contributed by atoms with Crippen LogP contribution in [0.4, 0.5) is 20.3 Å². The molecule has 4 amide bonds. The molecule has 0 saturated carbocycles. The Hall–Kier alpha value is -5.46. The summed E-state index contributed by atoms with van der Waals surface area (Å²) in [4.78, 5) is 74.8. The van der Waals surface area contributed by atoms with Crippen LogP contribution >= 0.6 is 0 Å². The van der Waals surface area contributed by atoms with Crippen molar-refractivity contribution < 1.29 is 32.7 Å². The number of piperidine rings is 1. The van der Waals surface area contributed by atoms with Crippen LogP contribution in [0.5, 0.6) is 0 Å². The van der Waals surface area contributed by atoms with Gasteiger partial charge in [-0.05, 0) is 73.9 Å². The quantitative estimate of drug-likeness (QED) is 0.259. The lowest BCUT2D eigenvalue weighted by atomic mass is 9.94. The molecule has 18 heteroatoms. The normalized spacial score (nSPS) is 22.7. The zero-order valence-corrected chi connectivity index (χ0v) is 36.6. The first-order chi connectivity index (χ1) is 30.9. The maximum atomic E-state index is 15.1. The van der Waals surface area contributed by atoms with E-state index in [0.29, 0.717) is 82.3 Å². The SMILES string of the molecule is CC(=O)N1CCc2c(c(N3CCCc4cc(C(=O)N5CC[C@@H](N6CCN(Cc7ccc8c(c7)n(C)c(=O)n8C7CCC(=O)NC7=O)CC6)C5)c(C(F)F)cc43)nn2C2CCOCC2)C1. The van der Waals surface area contributed by atoms with Gasteiger partial charge in [-0.1, -0.05) is 6.07 Å². The Morgan fingerprint density at radius 3 is 2.42 bits per heavy atom. The number of carbonyl (C=O) groups excluding carboxylic acids is 4. The lowest BCUT2D eigenvalue weighted by Crippen LogP contribution is -2.50. The van der Waals surface area contributed by atoms with Crippen LogP contribution < -0.4 is 15.9 Å². The molecule has 1 N–H and O–H groups in total. The number of fused-ring (bicyclic) bond motifs is 3. The van der Waals surface area contributed by atoms with Crippen LogP contribution in [-0.4, -0.2) is 134 Å². The summed E-state index contributed by atoms with van der Waals surface area (Å²) in [5, 5.41) is 7.54.